The molecule has 118 valence electrons. The van der Waals surface area contributed by atoms with E-state index in [1.165, 1.54) is 0 Å². The Morgan fingerprint density at radius 3 is 3.05 bits per heavy atom. The van der Waals surface area contributed by atoms with Crippen molar-refractivity contribution in [3.8, 4) is 5.75 Å². The van der Waals surface area contributed by atoms with Crippen LogP contribution in [-0.4, -0.2) is 50.1 Å². The molecule has 0 aromatic heterocycles. The molecule has 2 aliphatic rings. The fourth-order valence-electron chi connectivity index (χ4n) is 2.97. The molecule has 6 nitrogen and oxygen atoms in total. The summed E-state index contributed by atoms with van der Waals surface area (Å²) in [7, 11) is 1.59. The number of ether oxygens (including phenoxy) is 2. The van der Waals surface area contributed by atoms with Crippen LogP contribution in [0.2, 0.25) is 0 Å². The van der Waals surface area contributed by atoms with E-state index in [0.29, 0.717) is 37.7 Å². The average molecular weight is 304 g/mol. The van der Waals surface area contributed by atoms with Crippen molar-refractivity contribution in [2.75, 3.05) is 38.7 Å². The molecule has 6 heteroatoms. The third-order valence-corrected chi connectivity index (χ3v) is 4.13. The molecule has 0 radical (unpaired) electrons. The molecule has 0 aliphatic carbocycles. The smallest absolute Gasteiger partial charge is 0.230 e. The van der Waals surface area contributed by atoms with Gasteiger partial charge in [-0.3, -0.25) is 9.59 Å². The summed E-state index contributed by atoms with van der Waals surface area (Å²) in [6.07, 6.45) is 1.01. The standard InChI is InChI=1S/C16H20N2O4/c1-21-11-3-4-14-12(9-11)13(10-15(19)17-14)16(20)18-5-2-7-22-8-6-18/h3-4,9,13H,2,5-8,10H2,1H3,(H,17,19)/t13-/m0/s1. The predicted molar refractivity (Wildman–Crippen MR) is 81.0 cm³/mol. The summed E-state index contributed by atoms with van der Waals surface area (Å²) in [6.45, 7) is 2.49. The summed E-state index contributed by atoms with van der Waals surface area (Å²) in [5.74, 6) is 0.112. The van der Waals surface area contributed by atoms with Gasteiger partial charge in [-0.15, -0.1) is 0 Å². The number of rotatable bonds is 2. The maximum atomic E-state index is 12.9. The summed E-state index contributed by atoms with van der Waals surface area (Å²) in [5, 5.41) is 2.82. The van der Waals surface area contributed by atoms with Crippen LogP contribution in [0.15, 0.2) is 18.2 Å². The van der Waals surface area contributed by atoms with Crippen molar-refractivity contribution in [3.63, 3.8) is 0 Å². The Kier molecular flexibility index (Phi) is 4.29. The maximum Gasteiger partial charge on any atom is 0.230 e. The molecule has 22 heavy (non-hydrogen) atoms. The summed E-state index contributed by atoms with van der Waals surface area (Å²) in [6, 6.07) is 5.41. The Bertz CT molecular complexity index is 580. The number of carbonyl (C=O) groups is 2. The van der Waals surface area contributed by atoms with Crippen LogP contribution < -0.4 is 10.1 Å². The number of carbonyl (C=O) groups excluding carboxylic acids is 2. The van der Waals surface area contributed by atoms with E-state index >= 15 is 0 Å². The quantitative estimate of drug-likeness (QED) is 0.896. The summed E-state index contributed by atoms with van der Waals surface area (Å²) in [5.41, 5.74) is 1.52. The zero-order chi connectivity index (χ0) is 15.5. The van der Waals surface area contributed by atoms with Gasteiger partial charge in [0.15, 0.2) is 0 Å². The van der Waals surface area contributed by atoms with Gasteiger partial charge in [0.25, 0.3) is 0 Å². The molecule has 0 bridgehead atoms. The number of nitrogens with one attached hydrogen (secondary N) is 1. The Balaban J connectivity index is 1.89. The van der Waals surface area contributed by atoms with E-state index < -0.39 is 5.92 Å². The number of benzene rings is 1. The number of amides is 2. The highest BCUT2D eigenvalue weighted by atomic mass is 16.5. The van der Waals surface area contributed by atoms with Crippen molar-refractivity contribution in [1.29, 1.82) is 0 Å². The van der Waals surface area contributed by atoms with E-state index in [0.717, 1.165) is 12.0 Å². The molecule has 0 unspecified atom stereocenters. The minimum atomic E-state index is -0.447. The molecule has 2 heterocycles. The lowest BCUT2D eigenvalue weighted by Gasteiger charge is -2.30. The third kappa shape index (κ3) is 2.92. The van der Waals surface area contributed by atoms with Crippen molar-refractivity contribution in [2.45, 2.75) is 18.8 Å². The van der Waals surface area contributed by atoms with Crippen molar-refractivity contribution in [3.05, 3.63) is 23.8 Å². The summed E-state index contributed by atoms with van der Waals surface area (Å²) >= 11 is 0. The minimum Gasteiger partial charge on any atom is -0.497 e. The van der Waals surface area contributed by atoms with E-state index in [-0.39, 0.29) is 18.2 Å². The average Bonchev–Trinajstić information content (AvgIpc) is 2.82. The van der Waals surface area contributed by atoms with Gasteiger partial charge in [0.1, 0.15) is 5.75 Å². The molecule has 1 fully saturated rings. The zero-order valence-corrected chi connectivity index (χ0v) is 12.6. The van der Waals surface area contributed by atoms with Crippen LogP contribution in [0.4, 0.5) is 5.69 Å². The molecule has 1 aromatic carbocycles. The number of hydrogen-bond donors (Lipinski definition) is 1. The fraction of sp³-hybridized carbons (Fsp3) is 0.500. The molecule has 1 saturated heterocycles. The Labute approximate surface area is 129 Å². The largest absolute Gasteiger partial charge is 0.497 e. The maximum absolute atomic E-state index is 12.9. The van der Waals surface area contributed by atoms with Gasteiger partial charge in [-0.2, -0.15) is 0 Å². The molecular formula is C16H20N2O4. The number of fused-ring (bicyclic) bond motifs is 1. The van der Waals surface area contributed by atoms with Crippen molar-refractivity contribution in [1.82, 2.24) is 4.90 Å². The second-order valence-corrected chi connectivity index (χ2v) is 5.55. The second kappa shape index (κ2) is 6.36. The van der Waals surface area contributed by atoms with E-state index in [2.05, 4.69) is 5.32 Å². The van der Waals surface area contributed by atoms with Gasteiger partial charge < -0.3 is 19.7 Å². The highest BCUT2D eigenvalue weighted by molar-refractivity contribution is 6.01. The lowest BCUT2D eigenvalue weighted by molar-refractivity contribution is -0.135. The van der Waals surface area contributed by atoms with Crippen LogP contribution in [-0.2, 0) is 14.3 Å². The highest BCUT2D eigenvalue weighted by Gasteiger charge is 2.34. The first-order valence-corrected chi connectivity index (χ1v) is 7.53. The molecule has 3 rings (SSSR count). The van der Waals surface area contributed by atoms with Crippen molar-refractivity contribution in [2.24, 2.45) is 0 Å². The fourth-order valence-corrected chi connectivity index (χ4v) is 2.97. The van der Waals surface area contributed by atoms with Crippen LogP contribution in [0.5, 0.6) is 5.75 Å². The first-order chi connectivity index (χ1) is 10.7. The zero-order valence-electron chi connectivity index (χ0n) is 12.6. The highest BCUT2D eigenvalue weighted by Crippen LogP contribution is 2.36. The molecule has 1 N–H and O–H groups in total. The number of hydrogen-bond acceptors (Lipinski definition) is 4. The Morgan fingerprint density at radius 2 is 2.23 bits per heavy atom. The van der Waals surface area contributed by atoms with Gasteiger partial charge in [-0.05, 0) is 30.2 Å². The predicted octanol–water partition coefficient (Wildman–Crippen LogP) is 1.37. The number of anilines is 1. The molecular weight excluding hydrogens is 284 g/mol. The lowest BCUT2D eigenvalue weighted by Crippen LogP contribution is -2.39. The van der Waals surface area contributed by atoms with Gasteiger partial charge in [0.05, 0.1) is 19.6 Å². The topological polar surface area (TPSA) is 67.9 Å². The van der Waals surface area contributed by atoms with E-state index in [1.807, 2.05) is 6.07 Å². The first-order valence-electron chi connectivity index (χ1n) is 7.53. The first kappa shape index (κ1) is 14.8. The molecule has 2 amide bonds. The second-order valence-electron chi connectivity index (χ2n) is 5.55. The van der Waals surface area contributed by atoms with Gasteiger partial charge in [-0.25, -0.2) is 0 Å². The Morgan fingerprint density at radius 1 is 1.36 bits per heavy atom. The summed E-state index contributed by atoms with van der Waals surface area (Å²) < 4.78 is 10.6. The molecule has 2 aliphatic heterocycles. The van der Waals surface area contributed by atoms with Gasteiger partial charge in [0.2, 0.25) is 11.8 Å². The number of nitrogens with zero attached hydrogens (tertiary/aromatic N) is 1. The van der Waals surface area contributed by atoms with Crippen molar-refractivity contribution < 1.29 is 19.1 Å². The van der Waals surface area contributed by atoms with Crippen LogP contribution in [0.25, 0.3) is 0 Å². The van der Waals surface area contributed by atoms with Gasteiger partial charge >= 0.3 is 0 Å². The van der Waals surface area contributed by atoms with Crippen LogP contribution in [0.1, 0.15) is 24.3 Å². The molecule has 1 atom stereocenters. The third-order valence-electron chi connectivity index (χ3n) is 4.13. The van der Waals surface area contributed by atoms with Crippen LogP contribution in [0.3, 0.4) is 0 Å². The normalized spacial score (nSPS) is 21.6. The minimum absolute atomic E-state index is 0.00477. The Hall–Kier alpha value is -2.08. The van der Waals surface area contributed by atoms with Crippen LogP contribution >= 0.6 is 0 Å². The van der Waals surface area contributed by atoms with Gasteiger partial charge in [0, 0.05) is 31.8 Å². The molecule has 0 saturated carbocycles. The SMILES string of the molecule is COc1ccc2c(c1)[C@@H](C(=O)N1CCCOCC1)CC(=O)N2. The number of methoxy groups -OCH3 is 1. The summed E-state index contributed by atoms with van der Waals surface area (Å²) in [4.78, 5) is 26.6. The van der Waals surface area contributed by atoms with Crippen LogP contribution in [0, 0.1) is 0 Å². The lowest BCUT2D eigenvalue weighted by atomic mass is 9.89. The van der Waals surface area contributed by atoms with Gasteiger partial charge in [-0.1, -0.05) is 0 Å². The van der Waals surface area contributed by atoms with E-state index in [4.69, 9.17) is 9.47 Å². The molecule has 0 spiro atoms. The van der Waals surface area contributed by atoms with E-state index in [1.54, 1.807) is 24.1 Å². The monoisotopic (exact) mass is 304 g/mol. The van der Waals surface area contributed by atoms with Crippen molar-refractivity contribution >= 4 is 17.5 Å². The van der Waals surface area contributed by atoms with E-state index in [9.17, 15) is 9.59 Å². The molecule has 1 aromatic rings.